The third-order valence-electron chi connectivity index (χ3n) is 4.10. The summed E-state index contributed by atoms with van der Waals surface area (Å²) in [5.41, 5.74) is 8.98. The topological polar surface area (TPSA) is 29.3 Å². The Kier molecular flexibility index (Phi) is 7.86. The molecule has 0 aromatic heterocycles. The van der Waals surface area contributed by atoms with Gasteiger partial charge in [-0.05, 0) is 44.4 Å². The second-order valence-corrected chi connectivity index (χ2v) is 5.84. The molecule has 0 spiro atoms. The number of aryl methyl sites for hydroxylation is 1. The Morgan fingerprint density at radius 2 is 1.80 bits per heavy atom. The highest BCUT2D eigenvalue weighted by molar-refractivity contribution is 5.30. The lowest BCUT2D eigenvalue weighted by Crippen LogP contribution is -2.39. The van der Waals surface area contributed by atoms with Crippen molar-refractivity contribution in [2.24, 2.45) is 5.73 Å². The van der Waals surface area contributed by atoms with Gasteiger partial charge < -0.3 is 5.73 Å². The molecule has 0 fully saturated rings. The fourth-order valence-corrected chi connectivity index (χ4v) is 2.94. The van der Waals surface area contributed by atoms with Crippen LogP contribution >= 0.6 is 0 Å². The zero-order valence-corrected chi connectivity index (χ0v) is 13.7. The maximum Gasteiger partial charge on any atom is 0.0475 e. The van der Waals surface area contributed by atoms with Crippen molar-refractivity contribution in [3.8, 4) is 0 Å². The van der Waals surface area contributed by atoms with Gasteiger partial charge in [-0.2, -0.15) is 0 Å². The molecular formula is C18H32N2. The lowest BCUT2D eigenvalue weighted by Gasteiger charge is -2.35. The van der Waals surface area contributed by atoms with Gasteiger partial charge in [-0.25, -0.2) is 0 Å². The van der Waals surface area contributed by atoms with Gasteiger partial charge in [-0.1, -0.05) is 51.0 Å². The van der Waals surface area contributed by atoms with Crippen LogP contribution in [0.3, 0.4) is 0 Å². The molecule has 2 heteroatoms. The molecule has 20 heavy (non-hydrogen) atoms. The predicted molar refractivity (Wildman–Crippen MR) is 89.0 cm³/mol. The summed E-state index contributed by atoms with van der Waals surface area (Å²) in [6.45, 7) is 10.9. The summed E-state index contributed by atoms with van der Waals surface area (Å²) in [7, 11) is 0. The lowest BCUT2D eigenvalue weighted by molar-refractivity contribution is 0.153. The first kappa shape index (κ1) is 17.2. The van der Waals surface area contributed by atoms with E-state index in [2.05, 4.69) is 56.9 Å². The fraction of sp³-hybridized carbons (Fsp3) is 0.667. The Labute approximate surface area is 125 Å². The molecule has 0 amide bonds. The van der Waals surface area contributed by atoms with E-state index >= 15 is 0 Å². The van der Waals surface area contributed by atoms with Crippen LogP contribution < -0.4 is 5.73 Å². The molecule has 114 valence electrons. The highest BCUT2D eigenvalue weighted by atomic mass is 15.2. The highest BCUT2D eigenvalue weighted by Crippen LogP contribution is 2.26. The summed E-state index contributed by atoms with van der Waals surface area (Å²) in [6.07, 6.45) is 4.91. The number of rotatable bonds is 9. The van der Waals surface area contributed by atoms with Crippen molar-refractivity contribution in [3.05, 3.63) is 35.4 Å². The van der Waals surface area contributed by atoms with E-state index in [0.717, 1.165) is 13.0 Å². The average Bonchev–Trinajstić information content (AvgIpc) is 2.46. The highest BCUT2D eigenvalue weighted by Gasteiger charge is 2.22. The van der Waals surface area contributed by atoms with E-state index < -0.39 is 0 Å². The fourth-order valence-electron chi connectivity index (χ4n) is 2.94. The molecule has 0 aliphatic rings. The third kappa shape index (κ3) is 4.60. The van der Waals surface area contributed by atoms with Gasteiger partial charge in [0.25, 0.3) is 0 Å². The molecular weight excluding hydrogens is 244 g/mol. The number of nitrogens with zero attached hydrogens (tertiary/aromatic N) is 1. The van der Waals surface area contributed by atoms with Gasteiger partial charge in [0.15, 0.2) is 0 Å². The van der Waals surface area contributed by atoms with Gasteiger partial charge in [0.05, 0.1) is 0 Å². The Hall–Kier alpha value is -0.860. The smallest absolute Gasteiger partial charge is 0.0475 e. The first-order chi connectivity index (χ1) is 9.65. The molecule has 1 rings (SSSR count). The van der Waals surface area contributed by atoms with E-state index in [1.54, 1.807) is 0 Å². The quantitative estimate of drug-likeness (QED) is 0.687. The molecule has 0 radical (unpaired) electrons. The Morgan fingerprint density at radius 3 is 2.35 bits per heavy atom. The number of nitrogens with two attached hydrogens (primary N) is 1. The van der Waals surface area contributed by atoms with Crippen LogP contribution in [0.1, 0.15) is 64.1 Å². The van der Waals surface area contributed by atoms with Crippen molar-refractivity contribution in [2.45, 2.75) is 65.5 Å². The summed E-state index contributed by atoms with van der Waals surface area (Å²) in [6, 6.07) is 9.65. The molecule has 1 aromatic rings. The van der Waals surface area contributed by atoms with Crippen LogP contribution in [0.15, 0.2) is 24.3 Å². The van der Waals surface area contributed by atoms with Crippen molar-refractivity contribution in [1.82, 2.24) is 4.90 Å². The zero-order valence-electron chi connectivity index (χ0n) is 13.7. The van der Waals surface area contributed by atoms with E-state index in [0.29, 0.717) is 18.6 Å². The minimum atomic E-state index is 0.350. The van der Waals surface area contributed by atoms with E-state index in [9.17, 15) is 0 Å². The summed E-state index contributed by atoms with van der Waals surface area (Å²) >= 11 is 0. The predicted octanol–water partition coefficient (Wildman–Crippen LogP) is 4.15. The molecule has 0 aliphatic carbocycles. The molecule has 1 aromatic carbocycles. The van der Waals surface area contributed by atoms with Crippen LogP contribution in [0.5, 0.6) is 0 Å². The van der Waals surface area contributed by atoms with Crippen molar-refractivity contribution >= 4 is 0 Å². The molecule has 0 aliphatic heterocycles. The summed E-state index contributed by atoms with van der Waals surface area (Å²) < 4.78 is 0. The number of unbranched alkanes of at least 4 members (excludes halogenated alkanes) is 2. The van der Waals surface area contributed by atoms with Gasteiger partial charge in [0.2, 0.25) is 0 Å². The van der Waals surface area contributed by atoms with Gasteiger partial charge in [-0.15, -0.1) is 0 Å². The van der Waals surface area contributed by atoms with Crippen LogP contribution in [-0.4, -0.2) is 24.0 Å². The maximum absolute atomic E-state index is 6.13. The number of hydrogen-bond donors (Lipinski definition) is 1. The largest absolute Gasteiger partial charge is 0.329 e. The zero-order chi connectivity index (χ0) is 15.0. The first-order valence-electron chi connectivity index (χ1n) is 8.19. The van der Waals surface area contributed by atoms with Gasteiger partial charge in [0.1, 0.15) is 0 Å². The summed E-state index contributed by atoms with van der Waals surface area (Å²) in [4.78, 5) is 2.57. The van der Waals surface area contributed by atoms with Crippen LogP contribution in [0.4, 0.5) is 0 Å². The van der Waals surface area contributed by atoms with E-state index in [1.165, 1.54) is 30.4 Å². The van der Waals surface area contributed by atoms with Crippen LogP contribution in [0.25, 0.3) is 0 Å². The van der Waals surface area contributed by atoms with E-state index in [1.807, 2.05) is 0 Å². The third-order valence-corrected chi connectivity index (χ3v) is 4.10. The Balaban J connectivity index is 2.94. The van der Waals surface area contributed by atoms with Gasteiger partial charge in [-0.3, -0.25) is 4.90 Å². The summed E-state index contributed by atoms with van der Waals surface area (Å²) in [5.74, 6) is 0. The number of benzene rings is 1. The summed E-state index contributed by atoms with van der Waals surface area (Å²) in [5, 5.41) is 0. The molecule has 0 bridgehead atoms. The van der Waals surface area contributed by atoms with Crippen molar-refractivity contribution in [2.75, 3.05) is 13.1 Å². The Bertz CT molecular complexity index is 373. The average molecular weight is 276 g/mol. The molecule has 0 saturated heterocycles. The molecule has 1 atom stereocenters. The Morgan fingerprint density at radius 1 is 1.10 bits per heavy atom. The van der Waals surface area contributed by atoms with Crippen LogP contribution in [-0.2, 0) is 6.42 Å². The second-order valence-electron chi connectivity index (χ2n) is 5.84. The monoisotopic (exact) mass is 276 g/mol. The molecule has 0 saturated carbocycles. The minimum absolute atomic E-state index is 0.350. The maximum atomic E-state index is 6.13. The van der Waals surface area contributed by atoms with Crippen LogP contribution in [0, 0.1) is 0 Å². The molecule has 1 unspecified atom stereocenters. The number of hydrogen-bond acceptors (Lipinski definition) is 2. The van der Waals surface area contributed by atoms with E-state index in [-0.39, 0.29) is 0 Å². The molecule has 2 N–H and O–H groups in total. The van der Waals surface area contributed by atoms with Gasteiger partial charge >= 0.3 is 0 Å². The van der Waals surface area contributed by atoms with Gasteiger partial charge in [0, 0.05) is 18.6 Å². The molecule has 0 heterocycles. The SMILES string of the molecule is CCCCCN(C(C)C)C(CN)c1ccccc1CC. The van der Waals surface area contributed by atoms with Crippen molar-refractivity contribution in [3.63, 3.8) is 0 Å². The normalized spacial score (nSPS) is 13.2. The lowest BCUT2D eigenvalue weighted by atomic mass is 9.96. The van der Waals surface area contributed by atoms with Crippen LogP contribution in [0.2, 0.25) is 0 Å². The van der Waals surface area contributed by atoms with E-state index in [4.69, 9.17) is 5.73 Å². The minimum Gasteiger partial charge on any atom is -0.329 e. The van der Waals surface area contributed by atoms with Crippen molar-refractivity contribution in [1.29, 1.82) is 0 Å². The molecule has 2 nitrogen and oxygen atoms in total. The standard InChI is InChI=1S/C18H32N2/c1-5-7-10-13-20(15(3)4)18(14-19)17-12-9-8-11-16(17)6-2/h8-9,11-12,15,18H,5-7,10,13-14,19H2,1-4H3. The second kappa shape index (κ2) is 9.15. The first-order valence-corrected chi connectivity index (χ1v) is 8.19. The van der Waals surface area contributed by atoms with Crippen molar-refractivity contribution < 1.29 is 0 Å².